The topological polar surface area (TPSA) is 102 Å². The molecular weight excluding hydrogens is 679 g/mol. The third-order valence-corrected chi connectivity index (χ3v) is 9.48. The standard InChI is InChI=1S/C46H81NO7/c1-6-8-10-12-14-16-18-20-21-22-23-24-25-27-29-31-33-35-37-45(49)54-42(40-52-39-38-43(46(50)51)47(3,4)5)41-53-44(48)36-34-32-30-28-26-19-17-15-13-11-9-7-2/h9,11,15,17,21-24,42-43H,6-8,10,12-14,16,18-20,25-41H2,1-5H3/b11-9+,17-15+,22-21+,24-23+. The van der Waals surface area contributed by atoms with Gasteiger partial charge in [0.15, 0.2) is 6.10 Å². The number of unbranched alkanes of at least 4 members (excludes halogenated alkanes) is 17. The smallest absolute Gasteiger partial charge is 0.306 e. The molecule has 54 heavy (non-hydrogen) atoms. The predicted octanol–water partition coefficient (Wildman–Crippen LogP) is 10.3. The Kier molecular flexibility index (Phi) is 35.4. The lowest BCUT2D eigenvalue weighted by molar-refractivity contribution is -0.889. The summed E-state index contributed by atoms with van der Waals surface area (Å²) in [4.78, 5) is 36.8. The van der Waals surface area contributed by atoms with Crippen molar-refractivity contribution in [3.8, 4) is 0 Å². The molecule has 0 spiro atoms. The molecule has 0 aliphatic rings. The number of nitrogens with zero attached hydrogens (tertiary/aromatic N) is 1. The zero-order valence-corrected chi connectivity index (χ0v) is 35.4. The first-order valence-corrected chi connectivity index (χ1v) is 21.7. The first-order chi connectivity index (χ1) is 26.1. The number of rotatable bonds is 38. The molecule has 0 saturated heterocycles. The number of allylic oxidation sites excluding steroid dienone is 8. The van der Waals surface area contributed by atoms with Crippen molar-refractivity contribution >= 4 is 17.9 Å². The number of aliphatic carboxylic acids is 1. The maximum atomic E-state index is 12.7. The van der Waals surface area contributed by atoms with Crippen molar-refractivity contribution in [3.05, 3.63) is 48.6 Å². The summed E-state index contributed by atoms with van der Waals surface area (Å²) in [6, 6.07) is -0.731. The highest BCUT2D eigenvalue weighted by molar-refractivity contribution is 5.70. The van der Waals surface area contributed by atoms with Gasteiger partial charge < -0.3 is 28.6 Å². The van der Waals surface area contributed by atoms with Crippen molar-refractivity contribution in [2.75, 3.05) is 41.0 Å². The van der Waals surface area contributed by atoms with E-state index in [2.05, 4.69) is 62.5 Å². The van der Waals surface area contributed by atoms with E-state index in [0.717, 1.165) is 89.9 Å². The maximum absolute atomic E-state index is 12.7. The van der Waals surface area contributed by atoms with Crippen LogP contribution in [0.5, 0.6) is 0 Å². The van der Waals surface area contributed by atoms with Gasteiger partial charge in [0.2, 0.25) is 0 Å². The summed E-state index contributed by atoms with van der Waals surface area (Å²) in [6.07, 6.45) is 42.8. The number of carbonyl (C=O) groups is 3. The second-order valence-electron chi connectivity index (χ2n) is 15.6. The SMILES string of the molecule is CC/C=C/C/C=C/CCCCCCCC(=O)OCC(COCCC(C(=O)[O-])[N+](C)(C)C)OC(=O)CCCCCCC/C=C/C=C/CCCCCCCCC. The van der Waals surface area contributed by atoms with Crippen LogP contribution in [0.1, 0.15) is 174 Å². The van der Waals surface area contributed by atoms with Crippen molar-refractivity contribution in [2.24, 2.45) is 0 Å². The second kappa shape index (κ2) is 37.2. The first kappa shape index (κ1) is 51.3. The van der Waals surface area contributed by atoms with Crippen molar-refractivity contribution in [3.63, 3.8) is 0 Å². The van der Waals surface area contributed by atoms with Gasteiger partial charge >= 0.3 is 11.9 Å². The van der Waals surface area contributed by atoms with Crippen LogP contribution in [-0.2, 0) is 28.6 Å². The molecule has 0 aromatic carbocycles. The summed E-state index contributed by atoms with van der Waals surface area (Å²) < 4.78 is 17.1. The molecule has 2 atom stereocenters. The Labute approximate surface area is 331 Å². The average Bonchev–Trinajstić information content (AvgIpc) is 3.12. The molecule has 0 amide bonds. The quantitative estimate of drug-likeness (QED) is 0.0203. The number of esters is 2. The minimum atomic E-state index is -1.13. The lowest BCUT2D eigenvalue weighted by atomic mass is 10.1. The van der Waals surface area contributed by atoms with Gasteiger partial charge in [0, 0.05) is 19.3 Å². The van der Waals surface area contributed by atoms with Gasteiger partial charge in [0.05, 0.1) is 40.3 Å². The highest BCUT2D eigenvalue weighted by Gasteiger charge is 2.25. The third kappa shape index (κ3) is 35.0. The summed E-state index contributed by atoms with van der Waals surface area (Å²) in [7, 11) is 5.39. The van der Waals surface area contributed by atoms with E-state index in [1.54, 1.807) is 21.1 Å². The molecule has 0 rings (SSSR count). The van der Waals surface area contributed by atoms with E-state index in [1.165, 1.54) is 51.4 Å². The Morgan fingerprint density at radius 2 is 1.09 bits per heavy atom. The van der Waals surface area contributed by atoms with E-state index in [4.69, 9.17) is 14.2 Å². The number of hydrogen-bond donors (Lipinski definition) is 0. The van der Waals surface area contributed by atoms with Gasteiger partial charge in [0.1, 0.15) is 12.6 Å². The molecule has 8 nitrogen and oxygen atoms in total. The fourth-order valence-electron chi connectivity index (χ4n) is 6.10. The third-order valence-electron chi connectivity index (χ3n) is 9.48. The van der Waals surface area contributed by atoms with Crippen LogP contribution in [0.3, 0.4) is 0 Å². The summed E-state index contributed by atoms with van der Waals surface area (Å²) in [6.45, 7) is 4.51. The molecule has 2 unspecified atom stereocenters. The van der Waals surface area contributed by atoms with Crippen molar-refractivity contribution in [2.45, 2.75) is 187 Å². The van der Waals surface area contributed by atoms with Crippen LogP contribution in [0.15, 0.2) is 48.6 Å². The van der Waals surface area contributed by atoms with E-state index in [1.807, 2.05) is 0 Å². The fraction of sp³-hybridized carbons (Fsp3) is 0.761. The molecule has 0 aliphatic heterocycles. The van der Waals surface area contributed by atoms with Gasteiger partial charge in [-0.3, -0.25) is 9.59 Å². The number of hydrogen-bond acceptors (Lipinski definition) is 7. The Morgan fingerprint density at radius 1 is 0.593 bits per heavy atom. The molecule has 0 heterocycles. The predicted molar refractivity (Wildman–Crippen MR) is 222 cm³/mol. The summed E-state index contributed by atoms with van der Waals surface area (Å²) in [5.41, 5.74) is 0. The minimum Gasteiger partial charge on any atom is -0.544 e. The van der Waals surface area contributed by atoms with Gasteiger partial charge in [-0.2, -0.15) is 0 Å². The normalized spacial score (nSPS) is 13.4. The Morgan fingerprint density at radius 3 is 1.63 bits per heavy atom. The molecule has 8 heteroatoms. The monoisotopic (exact) mass is 760 g/mol. The molecule has 0 saturated carbocycles. The molecule has 0 fully saturated rings. The van der Waals surface area contributed by atoms with Crippen LogP contribution in [0.25, 0.3) is 0 Å². The minimum absolute atomic E-state index is 0.0289. The zero-order valence-electron chi connectivity index (χ0n) is 35.4. The van der Waals surface area contributed by atoms with Gasteiger partial charge in [-0.25, -0.2) is 0 Å². The van der Waals surface area contributed by atoms with Crippen molar-refractivity contribution < 1.29 is 38.2 Å². The fourth-order valence-corrected chi connectivity index (χ4v) is 6.10. The van der Waals surface area contributed by atoms with Crippen LogP contribution in [0, 0.1) is 0 Å². The van der Waals surface area contributed by atoms with Gasteiger partial charge in [-0.15, -0.1) is 0 Å². The van der Waals surface area contributed by atoms with Gasteiger partial charge in [0.25, 0.3) is 0 Å². The lowest BCUT2D eigenvalue weighted by Crippen LogP contribution is -2.55. The van der Waals surface area contributed by atoms with E-state index < -0.39 is 18.1 Å². The van der Waals surface area contributed by atoms with E-state index in [0.29, 0.717) is 12.8 Å². The molecule has 0 aliphatic carbocycles. The largest absolute Gasteiger partial charge is 0.544 e. The molecule has 0 N–H and O–H groups in total. The second-order valence-corrected chi connectivity index (χ2v) is 15.6. The molecule has 0 aromatic rings. The summed E-state index contributed by atoms with van der Waals surface area (Å²) in [5, 5.41) is 11.6. The van der Waals surface area contributed by atoms with Crippen LogP contribution < -0.4 is 5.11 Å². The van der Waals surface area contributed by atoms with Crippen molar-refractivity contribution in [1.82, 2.24) is 0 Å². The summed E-state index contributed by atoms with van der Waals surface area (Å²) >= 11 is 0. The van der Waals surface area contributed by atoms with Gasteiger partial charge in [-0.1, -0.05) is 140 Å². The van der Waals surface area contributed by atoms with Crippen LogP contribution in [0.2, 0.25) is 0 Å². The highest BCUT2D eigenvalue weighted by atomic mass is 16.6. The van der Waals surface area contributed by atoms with E-state index in [9.17, 15) is 19.5 Å². The molecule has 0 aromatic heterocycles. The molecular formula is C46H81NO7. The number of ether oxygens (including phenoxy) is 3. The Bertz CT molecular complexity index is 1030. The van der Waals surface area contributed by atoms with E-state index >= 15 is 0 Å². The lowest BCUT2D eigenvalue weighted by Gasteiger charge is -2.34. The van der Waals surface area contributed by atoms with Crippen LogP contribution in [0.4, 0.5) is 0 Å². The van der Waals surface area contributed by atoms with Gasteiger partial charge in [-0.05, 0) is 64.2 Å². The van der Waals surface area contributed by atoms with E-state index in [-0.39, 0.29) is 42.7 Å². The number of carbonyl (C=O) groups excluding carboxylic acids is 3. The number of carboxylic acids is 1. The van der Waals surface area contributed by atoms with Crippen LogP contribution in [-0.4, -0.2) is 75.5 Å². The number of quaternary nitrogens is 1. The average molecular weight is 760 g/mol. The number of carboxylic acid groups (broad SMARTS) is 1. The molecule has 312 valence electrons. The first-order valence-electron chi connectivity index (χ1n) is 21.7. The Hall–Kier alpha value is -2.71. The van der Waals surface area contributed by atoms with Crippen molar-refractivity contribution in [1.29, 1.82) is 0 Å². The Balaban J connectivity index is 4.39. The molecule has 0 bridgehead atoms. The van der Waals surface area contributed by atoms with Crippen LogP contribution >= 0.6 is 0 Å². The number of likely N-dealkylation sites (N-methyl/N-ethyl adjacent to an activating group) is 1. The maximum Gasteiger partial charge on any atom is 0.306 e. The zero-order chi connectivity index (χ0) is 40.0. The highest BCUT2D eigenvalue weighted by Crippen LogP contribution is 2.13. The summed E-state index contributed by atoms with van der Waals surface area (Å²) in [5.74, 6) is -1.78. The molecule has 0 radical (unpaired) electrons.